The molecule has 0 heterocycles. The Labute approximate surface area is 137 Å². The van der Waals surface area contributed by atoms with Gasteiger partial charge in [0, 0.05) is 5.56 Å². The van der Waals surface area contributed by atoms with Gasteiger partial charge in [-0.3, -0.25) is 4.79 Å². The van der Waals surface area contributed by atoms with Crippen molar-refractivity contribution in [3.05, 3.63) is 53.6 Å². The van der Waals surface area contributed by atoms with Crippen LogP contribution in [0.3, 0.4) is 0 Å². The molecule has 0 atom stereocenters. The van der Waals surface area contributed by atoms with Crippen LogP contribution in [0, 0.1) is 0 Å². The van der Waals surface area contributed by atoms with Crippen LogP contribution in [0.15, 0.2) is 42.5 Å². The van der Waals surface area contributed by atoms with Gasteiger partial charge in [-0.15, -0.1) is 0 Å². The maximum atomic E-state index is 10.8. The average Bonchev–Trinajstić information content (AvgIpc) is 2.58. The van der Waals surface area contributed by atoms with Crippen molar-refractivity contribution in [3.63, 3.8) is 0 Å². The van der Waals surface area contributed by atoms with Crippen LogP contribution in [0.5, 0.6) is 17.2 Å². The topological polar surface area (TPSA) is 44.8 Å². The first-order chi connectivity index (χ1) is 11.1. The third-order valence-electron chi connectivity index (χ3n) is 3.48. The molecule has 0 spiro atoms. The van der Waals surface area contributed by atoms with Crippen molar-refractivity contribution < 1.29 is 19.0 Å². The highest BCUT2D eigenvalue weighted by molar-refractivity contribution is 5.76. The average molecular weight is 314 g/mol. The molecule has 0 aliphatic carbocycles. The molecule has 0 saturated heterocycles. The lowest BCUT2D eigenvalue weighted by atomic mass is 10.0. The van der Waals surface area contributed by atoms with Crippen LogP contribution in [-0.4, -0.2) is 26.6 Å². The molecule has 0 unspecified atom stereocenters. The normalized spacial score (nSPS) is 10.4. The van der Waals surface area contributed by atoms with E-state index in [9.17, 15) is 4.79 Å². The number of rotatable bonds is 8. The standard InChI is InChI=1S/C19H22O4/c1-14(2)16-5-7-17(8-6-16)22-10-11-23-19-12-15(13-20)4-9-18(19)21-3/h4-9,12-14H,10-11H2,1-3H3. The van der Waals surface area contributed by atoms with Gasteiger partial charge in [0.25, 0.3) is 0 Å². The van der Waals surface area contributed by atoms with E-state index < -0.39 is 0 Å². The monoisotopic (exact) mass is 314 g/mol. The molecule has 0 aliphatic heterocycles. The predicted octanol–water partition coefficient (Wildman–Crippen LogP) is 4.09. The molecule has 0 aliphatic rings. The van der Waals surface area contributed by atoms with Crippen LogP contribution >= 0.6 is 0 Å². The largest absolute Gasteiger partial charge is 0.493 e. The van der Waals surface area contributed by atoms with Gasteiger partial charge in [0.1, 0.15) is 25.2 Å². The van der Waals surface area contributed by atoms with Crippen molar-refractivity contribution in [2.75, 3.05) is 20.3 Å². The molecule has 0 N–H and O–H groups in total. The van der Waals surface area contributed by atoms with Crippen molar-refractivity contribution >= 4 is 6.29 Å². The first-order valence-corrected chi connectivity index (χ1v) is 7.63. The number of methoxy groups -OCH3 is 1. The van der Waals surface area contributed by atoms with E-state index in [2.05, 4.69) is 26.0 Å². The van der Waals surface area contributed by atoms with Crippen molar-refractivity contribution in [3.8, 4) is 17.2 Å². The van der Waals surface area contributed by atoms with E-state index in [4.69, 9.17) is 14.2 Å². The van der Waals surface area contributed by atoms with Gasteiger partial charge in [-0.25, -0.2) is 0 Å². The number of aldehydes is 1. The highest BCUT2D eigenvalue weighted by Gasteiger charge is 2.06. The summed E-state index contributed by atoms with van der Waals surface area (Å²) in [7, 11) is 1.57. The van der Waals surface area contributed by atoms with E-state index >= 15 is 0 Å². The number of hydrogen-bond donors (Lipinski definition) is 0. The number of ether oxygens (including phenoxy) is 3. The summed E-state index contributed by atoms with van der Waals surface area (Å²) >= 11 is 0. The van der Waals surface area contributed by atoms with E-state index in [1.54, 1.807) is 25.3 Å². The van der Waals surface area contributed by atoms with Crippen molar-refractivity contribution in [1.29, 1.82) is 0 Å². The van der Waals surface area contributed by atoms with E-state index in [-0.39, 0.29) is 0 Å². The molecule has 0 fully saturated rings. The van der Waals surface area contributed by atoms with Crippen LogP contribution in [0.1, 0.15) is 35.7 Å². The Hall–Kier alpha value is -2.49. The zero-order valence-corrected chi connectivity index (χ0v) is 13.7. The van der Waals surface area contributed by atoms with Crippen molar-refractivity contribution in [1.82, 2.24) is 0 Å². The number of carbonyl (C=O) groups excluding carboxylic acids is 1. The summed E-state index contributed by atoms with van der Waals surface area (Å²) in [5.74, 6) is 2.45. The quantitative estimate of drug-likeness (QED) is 0.544. The summed E-state index contributed by atoms with van der Waals surface area (Å²) in [6.07, 6.45) is 0.777. The van der Waals surface area contributed by atoms with Gasteiger partial charge in [0.05, 0.1) is 7.11 Å². The van der Waals surface area contributed by atoms with E-state index in [1.807, 2.05) is 12.1 Å². The minimum atomic E-state index is 0.366. The minimum Gasteiger partial charge on any atom is -0.493 e. The van der Waals surface area contributed by atoms with Gasteiger partial charge in [-0.05, 0) is 41.8 Å². The van der Waals surface area contributed by atoms with E-state index in [1.165, 1.54) is 5.56 Å². The first kappa shape index (κ1) is 16.9. The van der Waals surface area contributed by atoms with Gasteiger partial charge < -0.3 is 14.2 Å². The van der Waals surface area contributed by atoms with Crippen LogP contribution in [0.4, 0.5) is 0 Å². The lowest BCUT2D eigenvalue weighted by Crippen LogP contribution is -2.09. The van der Waals surface area contributed by atoms with Crippen LogP contribution in [0.2, 0.25) is 0 Å². The summed E-state index contributed by atoms with van der Waals surface area (Å²) in [5, 5.41) is 0. The smallest absolute Gasteiger partial charge is 0.162 e. The molecule has 2 aromatic carbocycles. The summed E-state index contributed by atoms with van der Waals surface area (Å²) in [4.78, 5) is 10.8. The SMILES string of the molecule is COc1ccc(C=O)cc1OCCOc1ccc(C(C)C)cc1. The maximum Gasteiger partial charge on any atom is 0.162 e. The zero-order valence-electron chi connectivity index (χ0n) is 13.7. The molecule has 0 saturated carbocycles. The van der Waals surface area contributed by atoms with Crippen molar-refractivity contribution in [2.24, 2.45) is 0 Å². The van der Waals surface area contributed by atoms with Crippen LogP contribution in [-0.2, 0) is 0 Å². The molecule has 0 radical (unpaired) electrons. The molecular weight excluding hydrogens is 292 g/mol. The third-order valence-corrected chi connectivity index (χ3v) is 3.48. The minimum absolute atomic E-state index is 0.366. The van der Waals surface area contributed by atoms with Gasteiger partial charge in [-0.1, -0.05) is 26.0 Å². The summed E-state index contributed by atoms with van der Waals surface area (Å²) in [6.45, 7) is 5.09. The second-order valence-electron chi connectivity index (χ2n) is 5.45. The molecule has 122 valence electrons. The molecule has 0 amide bonds. The second-order valence-corrected chi connectivity index (χ2v) is 5.45. The zero-order chi connectivity index (χ0) is 16.7. The maximum absolute atomic E-state index is 10.8. The molecular formula is C19H22O4. The number of carbonyl (C=O) groups is 1. The number of hydrogen-bond acceptors (Lipinski definition) is 4. The van der Waals surface area contributed by atoms with Crippen LogP contribution in [0.25, 0.3) is 0 Å². The van der Waals surface area contributed by atoms with Crippen LogP contribution < -0.4 is 14.2 Å². The fourth-order valence-electron chi connectivity index (χ4n) is 2.14. The summed E-state index contributed by atoms with van der Waals surface area (Å²) in [6, 6.07) is 13.1. The summed E-state index contributed by atoms with van der Waals surface area (Å²) in [5.41, 5.74) is 1.83. The van der Waals surface area contributed by atoms with E-state index in [0.717, 1.165) is 12.0 Å². The Bertz CT molecular complexity index is 632. The fraction of sp³-hybridized carbons (Fsp3) is 0.316. The Kier molecular flexibility index (Phi) is 6.03. The third kappa shape index (κ3) is 4.74. The molecule has 23 heavy (non-hydrogen) atoms. The molecule has 4 nitrogen and oxygen atoms in total. The van der Waals surface area contributed by atoms with E-state index in [0.29, 0.717) is 36.2 Å². The fourth-order valence-corrected chi connectivity index (χ4v) is 2.14. The molecule has 2 rings (SSSR count). The van der Waals surface area contributed by atoms with Gasteiger partial charge in [0.2, 0.25) is 0 Å². The predicted molar refractivity (Wildman–Crippen MR) is 89.9 cm³/mol. The highest BCUT2D eigenvalue weighted by Crippen LogP contribution is 2.27. The molecule has 2 aromatic rings. The highest BCUT2D eigenvalue weighted by atomic mass is 16.5. The van der Waals surface area contributed by atoms with Crippen molar-refractivity contribution in [2.45, 2.75) is 19.8 Å². The van der Waals surface area contributed by atoms with Gasteiger partial charge >= 0.3 is 0 Å². The Morgan fingerprint density at radius 3 is 2.26 bits per heavy atom. The molecule has 4 heteroatoms. The molecule has 0 aromatic heterocycles. The lowest BCUT2D eigenvalue weighted by molar-refractivity contribution is 0.112. The van der Waals surface area contributed by atoms with Gasteiger partial charge in [0.15, 0.2) is 11.5 Å². The summed E-state index contributed by atoms with van der Waals surface area (Å²) < 4.78 is 16.5. The molecule has 0 bridgehead atoms. The Balaban J connectivity index is 1.86. The van der Waals surface area contributed by atoms with Gasteiger partial charge in [-0.2, -0.15) is 0 Å². The Morgan fingerprint density at radius 1 is 0.957 bits per heavy atom. The Morgan fingerprint density at radius 2 is 1.65 bits per heavy atom. The second kappa shape index (κ2) is 8.22. The number of benzene rings is 2. The lowest BCUT2D eigenvalue weighted by Gasteiger charge is -2.12. The first-order valence-electron chi connectivity index (χ1n) is 7.63.